The van der Waals surface area contributed by atoms with Crippen molar-refractivity contribution in [1.82, 2.24) is 10.2 Å². The molecule has 5 N–H and O–H groups in total. The van der Waals surface area contributed by atoms with Crippen LogP contribution in [0, 0.1) is 13.8 Å². The molecule has 0 aliphatic heterocycles. The molecule has 0 saturated carbocycles. The number of primary amides is 1. The van der Waals surface area contributed by atoms with E-state index in [9.17, 15) is 24.3 Å². The predicted molar refractivity (Wildman–Crippen MR) is 140 cm³/mol. The molecule has 2 unspecified atom stereocenters. The summed E-state index contributed by atoms with van der Waals surface area (Å²) in [6, 6.07) is 9.19. The van der Waals surface area contributed by atoms with E-state index in [0.29, 0.717) is 11.3 Å². The average Bonchev–Trinajstić information content (AvgIpc) is 2.78. The number of likely N-dealkylation sites (N-methyl/N-ethyl adjacent to an activating group) is 1. The first-order chi connectivity index (χ1) is 17.2. The van der Waals surface area contributed by atoms with Crippen molar-refractivity contribution in [2.24, 2.45) is 5.73 Å². The number of hydrogen-bond donors (Lipinski definition) is 4. The highest BCUT2D eigenvalue weighted by Crippen LogP contribution is 2.27. The van der Waals surface area contributed by atoms with Gasteiger partial charge < -0.3 is 31.1 Å². The van der Waals surface area contributed by atoms with Gasteiger partial charge in [0.2, 0.25) is 11.8 Å². The Balaban J connectivity index is 2.42. The first-order valence-corrected chi connectivity index (χ1v) is 11.9. The molecule has 0 saturated heterocycles. The summed E-state index contributed by atoms with van der Waals surface area (Å²) in [5.41, 5.74) is 7.21. The highest BCUT2D eigenvalue weighted by molar-refractivity contribution is 5.99. The molecule has 4 amide bonds. The Bertz CT molecular complexity index is 1120. The Hall–Kier alpha value is -4.08. The number of rotatable bonds is 9. The topological polar surface area (TPSA) is 151 Å². The summed E-state index contributed by atoms with van der Waals surface area (Å²) >= 11 is 0. The number of nitrogens with zero attached hydrogens (tertiary/aromatic N) is 1. The molecule has 0 radical (unpaired) electrons. The maximum absolute atomic E-state index is 13.6. The quantitative estimate of drug-likeness (QED) is 0.405. The number of nitrogens with two attached hydrogens (primary N) is 1. The molecule has 2 aromatic carbocycles. The summed E-state index contributed by atoms with van der Waals surface area (Å²) < 4.78 is 5.27. The van der Waals surface area contributed by atoms with E-state index in [4.69, 9.17) is 10.5 Å². The van der Waals surface area contributed by atoms with Crippen LogP contribution in [0.3, 0.4) is 0 Å². The zero-order valence-electron chi connectivity index (χ0n) is 22.1. The molecule has 0 aromatic heterocycles. The van der Waals surface area contributed by atoms with Crippen LogP contribution in [0.4, 0.5) is 10.5 Å². The van der Waals surface area contributed by atoms with Crippen molar-refractivity contribution < 1.29 is 29.0 Å². The monoisotopic (exact) mass is 512 g/mol. The SMILES string of the molecule is Cc1cccc(C)c1NC(=O)C(c1ccc(O)cc1)N(C)C(=O)C(CCC(N)=O)NC(=O)OC(C)(C)C. The normalized spacial score (nSPS) is 12.7. The minimum Gasteiger partial charge on any atom is -0.508 e. The lowest BCUT2D eigenvalue weighted by atomic mass is 10.0. The minimum atomic E-state index is -1.18. The Labute approximate surface area is 217 Å². The summed E-state index contributed by atoms with van der Waals surface area (Å²) in [4.78, 5) is 52.3. The molecule has 10 nitrogen and oxygen atoms in total. The van der Waals surface area contributed by atoms with Crippen molar-refractivity contribution in [2.75, 3.05) is 12.4 Å². The van der Waals surface area contributed by atoms with Gasteiger partial charge in [-0.2, -0.15) is 0 Å². The van der Waals surface area contributed by atoms with Gasteiger partial charge in [0.1, 0.15) is 23.4 Å². The van der Waals surface area contributed by atoms with E-state index in [1.54, 1.807) is 20.8 Å². The third kappa shape index (κ3) is 8.52. The number of phenols is 1. The number of para-hydroxylation sites is 1. The number of aromatic hydroxyl groups is 1. The number of amides is 4. The molecule has 10 heteroatoms. The molecule has 0 aliphatic carbocycles. The van der Waals surface area contributed by atoms with Gasteiger partial charge in [0, 0.05) is 19.2 Å². The number of anilines is 1. The van der Waals surface area contributed by atoms with Gasteiger partial charge >= 0.3 is 6.09 Å². The summed E-state index contributed by atoms with van der Waals surface area (Å²) in [5.74, 6) is -1.77. The lowest BCUT2D eigenvalue weighted by molar-refractivity contribution is -0.139. The number of carbonyl (C=O) groups is 4. The summed E-state index contributed by atoms with van der Waals surface area (Å²) in [6.07, 6.45) is -1.10. The van der Waals surface area contributed by atoms with Gasteiger partial charge in [-0.05, 0) is 69.9 Å². The Morgan fingerprint density at radius 3 is 2.11 bits per heavy atom. The van der Waals surface area contributed by atoms with Crippen LogP contribution in [0.2, 0.25) is 0 Å². The highest BCUT2D eigenvalue weighted by Gasteiger charge is 2.34. The molecular formula is C27H36N4O6. The van der Waals surface area contributed by atoms with E-state index in [1.165, 1.54) is 36.2 Å². The summed E-state index contributed by atoms with van der Waals surface area (Å²) in [6.45, 7) is 8.75. The lowest BCUT2D eigenvalue weighted by Gasteiger charge is -2.32. The number of aryl methyl sites for hydroxylation is 2. The van der Waals surface area contributed by atoms with E-state index >= 15 is 0 Å². The van der Waals surface area contributed by atoms with Gasteiger partial charge in [-0.15, -0.1) is 0 Å². The van der Waals surface area contributed by atoms with E-state index in [2.05, 4.69) is 10.6 Å². The lowest BCUT2D eigenvalue weighted by Crippen LogP contribution is -2.51. The maximum Gasteiger partial charge on any atom is 0.408 e. The zero-order valence-corrected chi connectivity index (χ0v) is 22.1. The number of ether oxygens (including phenoxy) is 1. The van der Waals surface area contributed by atoms with Crippen molar-refractivity contribution in [2.45, 2.75) is 65.1 Å². The fourth-order valence-corrected chi connectivity index (χ4v) is 3.78. The number of alkyl carbamates (subject to hydrolysis) is 1. The van der Waals surface area contributed by atoms with Crippen molar-refractivity contribution in [3.05, 3.63) is 59.2 Å². The number of nitrogens with one attached hydrogen (secondary N) is 2. The van der Waals surface area contributed by atoms with E-state index in [1.807, 2.05) is 32.0 Å². The maximum atomic E-state index is 13.6. The molecule has 0 heterocycles. The van der Waals surface area contributed by atoms with Crippen LogP contribution < -0.4 is 16.4 Å². The van der Waals surface area contributed by atoms with Crippen molar-refractivity contribution in [1.29, 1.82) is 0 Å². The number of benzene rings is 2. The fourth-order valence-electron chi connectivity index (χ4n) is 3.78. The number of hydrogen-bond acceptors (Lipinski definition) is 6. The van der Waals surface area contributed by atoms with Crippen LogP contribution in [0.5, 0.6) is 5.75 Å². The van der Waals surface area contributed by atoms with Crippen molar-refractivity contribution in [3.8, 4) is 5.75 Å². The molecule has 37 heavy (non-hydrogen) atoms. The Morgan fingerprint density at radius 1 is 1.03 bits per heavy atom. The molecular weight excluding hydrogens is 476 g/mol. The average molecular weight is 513 g/mol. The van der Waals surface area contributed by atoms with Gasteiger partial charge in [-0.3, -0.25) is 14.4 Å². The molecule has 0 aliphatic rings. The largest absolute Gasteiger partial charge is 0.508 e. The van der Waals surface area contributed by atoms with Gasteiger partial charge in [-0.1, -0.05) is 30.3 Å². The molecule has 0 bridgehead atoms. The van der Waals surface area contributed by atoms with Gasteiger partial charge in [-0.25, -0.2) is 4.79 Å². The predicted octanol–water partition coefficient (Wildman–Crippen LogP) is 3.31. The van der Waals surface area contributed by atoms with Crippen LogP contribution >= 0.6 is 0 Å². The summed E-state index contributed by atoms with van der Waals surface area (Å²) in [7, 11) is 1.43. The highest BCUT2D eigenvalue weighted by atomic mass is 16.6. The smallest absolute Gasteiger partial charge is 0.408 e. The zero-order chi connectivity index (χ0) is 27.9. The van der Waals surface area contributed by atoms with E-state index in [-0.39, 0.29) is 18.6 Å². The number of phenolic OH excluding ortho intramolecular Hbond substituents is 1. The van der Waals surface area contributed by atoms with Crippen molar-refractivity contribution in [3.63, 3.8) is 0 Å². The second kappa shape index (κ2) is 12.2. The molecule has 2 aromatic rings. The Kier molecular flexibility index (Phi) is 9.65. The van der Waals surface area contributed by atoms with E-state index < -0.39 is 41.5 Å². The van der Waals surface area contributed by atoms with Gasteiger partial charge in [0.25, 0.3) is 5.91 Å². The first kappa shape index (κ1) is 29.2. The summed E-state index contributed by atoms with van der Waals surface area (Å²) in [5, 5.41) is 15.2. The van der Waals surface area contributed by atoms with Crippen molar-refractivity contribution >= 4 is 29.5 Å². The minimum absolute atomic E-state index is 0.00226. The fraction of sp³-hybridized carbons (Fsp3) is 0.407. The third-order valence-corrected chi connectivity index (χ3v) is 5.59. The second-order valence-electron chi connectivity index (χ2n) is 9.90. The van der Waals surface area contributed by atoms with Crippen LogP contribution in [-0.2, 0) is 19.1 Å². The van der Waals surface area contributed by atoms with Crippen LogP contribution in [0.25, 0.3) is 0 Å². The van der Waals surface area contributed by atoms with Crippen LogP contribution in [0.1, 0.15) is 56.3 Å². The molecule has 2 rings (SSSR count). The van der Waals surface area contributed by atoms with Crippen LogP contribution in [-0.4, -0.2) is 52.5 Å². The standard InChI is InChI=1S/C27H36N4O6/c1-16-8-7-9-17(2)22(16)30-24(34)23(18-10-12-19(32)13-11-18)31(6)25(35)20(14-15-21(28)33)29-26(36)37-27(3,4)5/h7-13,20,23,32H,14-15H2,1-6H3,(H2,28,33)(H,29,36)(H,30,34). The molecule has 2 atom stereocenters. The van der Waals surface area contributed by atoms with E-state index in [0.717, 1.165) is 11.1 Å². The number of carbonyl (C=O) groups excluding carboxylic acids is 4. The third-order valence-electron chi connectivity index (χ3n) is 5.59. The second-order valence-corrected chi connectivity index (χ2v) is 9.90. The Morgan fingerprint density at radius 2 is 1.59 bits per heavy atom. The molecule has 0 fully saturated rings. The van der Waals surface area contributed by atoms with Gasteiger partial charge in [0.05, 0.1) is 0 Å². The van der Waals surface area contributed by atoms with Crippen LogP contribution in [0.15, 0.2) is 42.5 Å². The molecule has 0 spiro atoms. The first-order valence-electron chi connectivity index (χ1n) is 11.9. The van der Waals surface area contributed by atoms with Gasteiger partial charge in [0.15, 0.2) is 0 Å². The molecule has 200 valence electrons.